The van der Waals surface area contributed by atoms with Crippen molar-refractivity contribution in [3.63, 3.8) is 0 Å². The van der Waals surface area contributed by atoms with E-state index in [-0.39, 0.29) is 11.1 Å². The van der Waals surface area contributed by atoms with Crippen LogP contribution < -0.4 is 4.90 Å². The van der Waals surface area contributed by atoms with Crippen LogP contribution in [0.3, 0.4) is 0 Å². The van der Waals surface area contributed by atoms with E-state index in [4.69, 9.17) is 11.6 Å². The number of hydrogen-bond acceptors (Lipinski definition) is 4. The Morgan fingerprint density at radius 3 is 2.03 bits per heavy atom. The zero-order valence-electron chi connectivity index (χ0n) is 19.4. The lowest BCUT2D eigenvalue weighted by Crippen LogP contribution is -2.43. The molecule has 0 bridgehead atoms. The number of carbonyl (C=O) groups is 2. The predicted octanol–water partition coefficient (Wildman–Crippen LogP) is 4.48. The van der Waals surface area contributed by atoms with E-state index in [9.17, 15) is 18.4 Å². The molecule has 9 heteroatoms. The molecule has 4 rings (SSSR count). The van der Waals surface area contributed by atoms with Crippen molar-refractivity contribution >= 4 is 29.2 Å². The summed E-state index contributed by atoms with van der Waals surface area (Å²) in [6, 6.07) is 7.07. The summed E-state index contributed by atoms with van der Waals surface area (Å²) in [5.74, 6) is -0.587. The number of nitrogens with zero attached hydrogens (tertiary/aromatic N) is 4. The number of pyridine rings is 1. The van der Waals surface area contributed by atoms with Gasteiger partial charge in [0.25, 0.3) is 11.8 Å². The van der Waals surface area contributed by atoms with Crippen molar-refractivity contribution in [3.05, 3.63) is 58.2 Å². The molecule has 2 aromatic rings. The van der Waals surface area contributed by atoms with Crippen LogP contribution in [0.5, 0.6) is 0 Å². The Morgan fingerprint density at radius 1 is 0.941 bits per heavy atom. The zero-order valence-corrected chi connectivity index (χ0v) is 20.2. The van der Waals surface area contributed by atoms with Crippen LogP contribution in [-0.2, 0) is 0 Å². The van der Waals surface area contributed by atoms with E-state index in [0.717, 1.165) is 56.7 Å². The highest BCUT2D eigenvalue weighted by Crippen LogP contribution is 2.34. The number of rotatable bonds is 4. The predicted molar refractivity (Wildman–Crippen MR) is 127 cm³/mol. The van der Waals surface area contributed by atoms with Crippen molar-refractivity contribution in [2.24, 2.45) is 11.8 Å². The zero-order chi connectivity index (χ0) is 24.4. The van der Waals surface area contributed by atoms with Crippen molar-refractivity contribution in [3.8, 4) is 0 Å². The molecule has 1 aromatic heterocycles. The Kier molecular flexibility index (Phi) is 7.36. The average molecular weight is 491 g/mol. The highest BCUT2D eigenvalue weighted by atomic mass is 35.5. The number of halogens is 3. The van der Waals surface area contributed by atoms with Crippen molar-refractivity contribution < 1.29 is 18.4 Å². The molecule has 0 atom stereocenters. The van der Waals surface area contributed by atoms with Crippen LogP contribution in [0.2, 0.25) is 5.15 Å². The fraction of sp³-hybridized carbons (Fsp3) is 0.480. The molecule has 1 aromatic carbocycles. The van der Waals surface area contributed by atoms with Gasteiger partial charge in [-0.3, -0.25) is 9.59 Å². The maximum atomic E-state index is 14.0. The summed E-state index contributed by atoms with van der Waals surface area (Å²) in [5, 5.41) is 0.210. The molecule has 2 fully saturated rings. The maximum Gasteiger partial charge on any atom is 0.259 e. The van der Waals surface area contributed by atoms with Crippen molar-refractivity contribution in [1.29, 1.82) is 0 Å². The topological polar surface area (TPSA) is 56.8 Å². The summed E-state index contributed by atoms with van der Waals surface area (Å²) in [4.78, 5) is 34.5. The standard InChI is InChI=1S/C25H29ClF2N4O2/c1-30(2)24(33)18-6-7-21(29-23(18)26)31-12-8-16(9-13-31)17-10-14-32(15-11-17)25(34)22-19(27)4-3-5-20(22)28/h3-7,16-17H,8-15H2,1-2H3. The Morgan fingerprint density at radius 2 is 1.50 bits per heavy atom. The van der Waals surface area contributed by atoms with E-state index in [1.165, 1.54) is 11.0 Å². The van der Waals surface area contributed by atoms with Crippen LogP contribution in [0, 0.1) is 23.5 Å². The van der Waals surface area contributed by atoms with Gasteiger partial charge in [-0.1, -0.05) is 17.7 Å². The van der Waals surface area contributed by atoms with E-state index in [1.54, 1.807) is 25.1 Å². The number of piperidine rings is 2. The number of amides is 2. The number of likely N-dealkylation sites (tertiary alicyclic amines) is 1. The third-order valence-corrected chi connectivity index (χ3v) is 7.29. The molecule has 182 valence electrons. The van der Waals surface area contributed by atoms with Gasteiger partial charge in [-0.25, -0.2) is 13.8 Å². The molecule has 6 nitrogen and oxygen atoms in total. The van der Waals surface area contributed by atoms with Gasteiger partial charge in [0.2, 0.25) is 0 Å². The molecular weight excluding hydrogens is 462 g/mol. The highest BCUT2D eigenvalue weighted by molar-refractivity contribution is 6.32. The summed E-state index contributed by atoms with van der Waals surface area (Å²) >= 11 is 6.28. The number of hydrogen-bond donors (Lipinski definition) is 0. The molecule has 0 N–H and O–H groups in total. The van der Waals surface area contributed by atoms with Crippen LogP contribution in [0.15, 0.2) is 30.3 Å². The number of aromatic nitrogens is 1. The smallest absolute Gasteiger partial charge is 0.259 e. The molecule has 0 spiro atoms. The van der Waals surface area contributed by atoms with E-state index in [2.05, 4.69) is 9.88 Å². The van der Waals surface area contributed by atoms with E-state index in [0.29, 0.717) is 30.5 Å². The summed E-state index contributed by atoms with van der Waals surface area (Å²) in [5.41, 5.74) is -0.0689. The second-order valence-electron chi connectivity index (χ2n) is 9.26. The highest BCUT2D eigenvalue weighted by Gasteiger charge is 2.33. The minimum absolute atomic E-state index is 0.176. The Balaban J connectivity index is 1.31. The SMILES string of the molecule is CN(C)C(=O)c1ccc(N2CCC(C3CCN(C(=O)c4c(F)cccc4F)CC3)CC2)nc1Cl. The fourth-order valence-electron chi connectivity index (χ4n) is 5.04. The first-order valence-electron chi connectivity index (χ1n) is 11.6. The number of carbonyl (C=O) groups excluding carboxylic acids is 2. The molecule has 2 saturated heterocycles. The molecule has 2 aliphatic rings. The van der Waals surface area contributed by atoms with Gasteiger partial charge >= 0.3 is 0 Å². The van der Waals surface area contributed by atoms with Gasteiger partial charge in [0.1, 0.15) is 28.2 Å². The summed E-state index contributed by atoms with van der Waals surface area (Å²) in [6.07, 6.45) is 3.66. The summed E-state index contributed by atoms with van der Waals surface area (Å²) < 4.78 is 28.0. The Bertz CT molecular complexity index is 1040. The summed E-state index contributed by atoms with van der Waals surface area (Å²) in [6.45, 7) is 2.70. The third-order valence-electron chi connectivity index (χ3n) is 7.00. The second kappa shape index (κ2) is 10.3. The largest absolute Gasteiger partial charge is 0.357 e. The first-order chi connectivity index (χ1) is 16.3. The molecule has 3 heterocycles. The normalized spacial score (nSPS) is 17.7. The van der Waals surface area contributed by atoms with Gasteiger partial charge in [-0.15, -0.1) is 0 Å². The van der Waals surface area contributed by atoms with Gasteiger partial charge in [0.15, 0.2) is 0 Å². The molecular formula is C25H29ClF2N4O2. The van der Waals surface area contributed by atoms with Crippen LogP contribution in [0.1, 0.15) is 46.4 Å². The Hall–Kier alpha value is -2.74. The monoisotopic (exact) mass is 490 g/mol. The van der Waals surface area contributed by atoms with E-state index < -0.39 is 23.1 Å². The first-order valence-corrected chi connectivity index (χ1v) is 12.0. The van der Waals surface area contributed by atoms with Gasteiger partial charge in [0, 0.05) is 40.3 Å². The Labute approximate surface area is 203 Å². The van der Waals surface area contributed by atoms with Crippen molar-refractivity contribution in [1.82, 2.24) is 14.8 Å². The third kappa shape index (κ3) is 5.02. The molecule has 34 heavy (non-hydrogen) atoms. The minimum Gasteiger partial charge on any atom is -0.357 e. The lowest BCUT2D eigenvalue weighted by molar-refractivity contribution is 0.0636. The van der Waals surface area contributed by atoms with Crippen LogP contribution >= 0.6 is 11.6 Å². The molecule has 0 radical (unpaired) electrons. The minimum atomic E-state index is -0.813. The second-order valence-corrected chi connectivity index (χ2v) is 9.62. The van der Waals surface area contributed by atoms with E-state index >= 15 is 0 Å². The van der Waals surface area contributed by atoms with Gasteiger partial charge in [-0.05, 0) is 61.8 Å². The summed E-state index contributed by atoms with van der Waals surface area (Å²) in [7, 11) is 3.35. The van der Waals surface area contributed by atoms with Gasteiger partial charge < -0.3 is 14.7 Å². The number of anilines is 1. The molecule has 0 unspecified atom stereocenters. The maximum absolute atomic E-state index is 14.0. The molecule has 2 aliphatic heterocycles. The van der Waals surface area contributed by atoms with Crippen molar-refractivity contribution in [2.45, 2.75) is 25.7 Å². The molecule has 0 saturated carbocycles. The van der Waals surface area contributed by atoms with Crippen molar-refractivity contribution in [2.75, 3.05) is 45.2 Å². The number of benzene rings is 1. The quantitative estimate of drug-likeness (QED) is 0.593. The van der Waals surface area contributed by atoms with Crippen LogP contribution in [0.4, 0.5) is 14.6 Å². The van der Waals surface area contributed by atoms with Crippen LogP contribution in [0.25, 0.3) is 0 Å². The first kappa shape index (κ1) is 24.4. The van der Waals surface area contributed by atoms with E-state index in [1.807, 2.05) is 6.07 Å². The van der Waals surface area contributed by atoms with Gasteiger partial charge in [-0.2, -0.15) is 0 Å². The average Bonchev–Trinajstić information content (AvgIpc) is 2.83. The molecule has 2 amide bonds. The van der Waals surface area contributed by atoms with Gasteiger partial charge in [0.05, 0.1) is 5.56 Å². The molecule has 0 aliphatic carbocycles. The van der Waals surface area contributed by atoms with Crippen LogP contribution in [-0.4, -0.2) is 66.9 Å². The lowest BCUT2D eigenvalue weighted by atomic mass is 9.78. The fourth-order valence-corrected chi connectivity index (χ4v) is 5.27. The lowest BCUT2D eigenvalue weighted by Gasteiger charge is -2.40.